The van der Waals surface area contributed by atoms with Crippen molar-refractivity contribution in [1.82, 2.24) is 0 Å². The molecule has 0 amide bonds. The van der Waals surface area contributed by atoms with Crippen LogP contribution in [0.3, 0.4) is 0 Å². The molecule has 3 rings (SSSR count). The molecule has 0 saturated heterocycles. The van der Waals surface area contributed by atoms with E-state index in [4.69, 9.17) is 16.3 Å². The highest BCUT2D eigenvalue weighted by atomic mass is 35.5. The molecule has 174 valence electrons. The molecule has 0 unspecified atom stereocenters. The summed E-state index contributed by atoms with van der Waals surface area (Å²) in [4.78, 5) is 0. The van der Waals surface area contributed by atoms with Crippen LogP contribution < -0.4 is 4.74 Å². The Morgan fingerprint density at radius 1 is 1.00 bits per heavy atom. The summed E-state index contributed by atoms with van der Waals surface area (Å²) in [5, 5.41) is 0.290. The Bertz CT molecular complexity index is 684. The number of halogens is 2. The number of unbranched alkanes of at least 4 members (excludes halogenated alkanes) is 2. The van der Waals surface area contributed by atoms with Gasteiger partial charge in [-0.25, -0.2) is 4.39 Å². The Kier molecular flexibility index (Phi) is 10.2. The smallest absolute Gasteiger partial charge is 0.183 e. The van der Waals surface area contributed by atoms with Crippen LogP contribution in [-0.2, 0) is 0 Å². The van der Waals surface area contributed by atoms with E-state index in [1.54, 1.807) is 6.07 Å². The van der Waals surface area contributed by atoms with Gasteiger partial charge >= 0.3 is 0 Å². The lowest BCUT2D eigenvalue weighted by molar-refractivity contribution is 0.157. The van der Waals surface area contributed by atoms with Crippen LogP contribution in [0.5, 0.6) is 5.75 Å². The summed E-state index contributed by atoms with van der Waals surface area (Å²) in [6, 6.07) is 3.81. The zero-order valence-corrected chi connectivity index (χ0v) is 20.4. The van der Waals surface area contributed by atoms with Crippen molar-refractivity contribution in [2.75, 3.05) is 6.61 Å². The van der Waals surface area contributed by atoms with Crippen molar-refractivity contribution in [3.63, 3.8) is 0 Å². The average molecular weight is 449 g/mol. The van der Waals surface area contributed by atoms with E-state index in [0.717, 1.165) is 55.4 Å². The number of ether oxygens (including phenoxy) is 1. The molecule has 1 aromatic rings. The summed E-state index contributed by atoms with van der Waals surface area (Å²) in [6.45, 7) is 4.83. The minimum Gasteiger partial charge on any atom is -0.490 e. The first-order valence-electron chi connectivity index (χ1n) is 12.9. The van der Waals surface area contributed by atoms with Gasteiger partial charge in [0.25, 0.3) is 0 Å². The SMILES string of the molecule is C/C=C/CCC1CCC(C2CCC(c3ccc(OCCCCC)c(F)c3Cl)CC2)CC1. The molecule has 1 nitrogen and oxygen atoms in total. The van der Waals surface area contributed by atoms with Crippen molar-refractivity contribution in [3.05, 3.63) is 40.7 Å². The van der Waals surface area contributed by atoms with Crippen molar-refractivity contribution in [2.24, 2.45) is 17.8 Å². The lowest BCUT2D eigenvalue weighted by Gasteiger charge is -2.38. The van der Waals surface area contributed by atoms with Gasteiger partial charge in [-0.1, -0.05) is 62.4 Å². The van der Waals surface area contributed by atoms with Gasteiger partial charge in [-0.15, -0.1) is 0 Å². The lowest BCUT2D eigenvalue weighted by atomic mass is 9.68. The predicted octanol–water partition coefficient (Wildman–Crippen LogP) is 9.48. The molecule has 0 heterocycles. The van der Waals surface area contributed by atoms with Crippen LogP contribution in [0.1, 0.15) is 109 Å². The first-order valence-corrected chi connectivity index (χ1v) is 13.2. The van der Waals surface area contributed by atoms with Gasteiger partial charge in [0.05, 0.1) is 11.6 Å². The fraction of sp³-hybridized carbons (Fsp3) is 0.714. The molecule has 2 fully saturated rings. The normalized spacial score (nSPS) is 27.0. The first kappa shape index (κ1) is 24.6. The second kappa shape index (κ2) is 12.9. The Labute approximate surface area is 194 Å². The standard InChI is InChI=1S/C28H42ClFO/c1-3-5-7-9-21-10-12-22(13-11-21)23-14-16-24(17-15-23)25-18-19-26(28(30)27(25)29)31-20-8-6-4-2/h3,5,18-19,21-24H,4,6-17,20H2,1-2H3/b5-3+. The van der Waals surface area contributed by atoms with E-state index < -0.39 is 0 Å². The Morgan fingerprint density at radius 3 is 2.32 bits per heavy atom. The first-order chi connectivity index (χ1) is 15.1. The number of benzene rings is 1. The van der Waals surface area contributed by atoms with E-state index in [-0.39, 0.29) is 10.8 Å². The number of rotatable bonds is 10. The molecule has 2 aliphatic rings. The lowest BCUT2D eigenvalue weighted by Crippen LogP contribution is -2.25. The zero-order chi connectivity index (χ0) is 22.1. The highest BCUT2D eigenvalue weighted by molar-refractivity contribution is 6.31. The van der Waals surface area contributed by atoms with Gasteiger partial charge in [-0.2, -0.15) is 0 Å². The Hall–Kier alpha value is -1.02. The summed E-state index contributed by atoms with van der Waals surface area (Å²) < 4.78 is 20.4. The molecule has 0 spiro atoms. The largest absolute Gasteiger partial charge is 0.490 e. The zero-order valence-electron chi connectivity index (χ0n) is 19.7. The molecule has 0 aromatic heterocycles. The van der Waals surface area contributed by atoms with Crippen molar-refractivity contribution in [3.8, 4) is 5.75 Å². The average Bonchev–Trinajstić information content (AvgIpc) is 2.80. The molecule has 2 saturated carbocycles. The van der Waals surface area contributed by atoms with Gasteiger partial charge < -0.3 is 4.74 Å². The van der Waals surface area contributed by atoms with Crippen LogP contribution >= 0.6 is 11.6 Å². The van der Waals surface area contributed by atoms with Crippen LogP contribution in [0.15, 0.2) is 24.3 Å². The molecule has 1 aromatic carbocycles. The second-order valence-corrected chi connectivity index (χ2v) is 10.3. The quantitative estimate of drug-likeness (QED) is 0.255. The van der Waals surface area contributed by atoms with Gasteiger partial charge in [0, 0.05) is 0 Å². The number of hydrogen-bond donors (Lipinski definition) is 0. The van der Waals surface area contributed by atoms with E-state index in [1.807, 2.05) is 6.07 Å². The molecule has 3 heteroatoms. The van der Waals surface area contributed by atoms with Crippen LogP contribution in [0.4, 0.5) is 4.39 Å². The molecule has 0 bridgehead atoms. The highest BCUT2D eigenvalue weighted by Crippen LogP contribution is 2.46. The summed E-state index contributed by atoms with van der Waals surface area (Å²) in [5.74, 6) is 3.04. The van der Waals surface area contributed by atoms with Gasteiger partial charge in [0.2, 0.25) is 0 Å². The van der Waals surface area contributed by atoms with Crippen LogP contribution in [0.2, 0.25) is 5.02 Å². The maximum Gasteiger partial charge on any atom is 0.183 e. The van der Waals surface area contributed by atoms with Crippen LogP contribution in [0.25, 0.3) is 0 Å². The molecule has 0 atom stereocenters. The Balaban J connectivity index is 1.47. The van der Waals surface area contributed by atoms with Gasteiger partial charge in [0.1, 0.15) is 0 Å². The predicted molar refractivity (Wildman–Crippen MR) is 131 cm³/mol. The summed E-state index contributed by atoms with van der Waals surface area (Å²) in [7, 11) is 0. The molecule has 0 radical (unpaired) electrons. The summed E-state index contributed by atoms with van der Waals surface area (Å²) >= 11 is 6.47. The Morgan fingerprint density at radius 2 is 1.68 bits per heavy atom. The second-order valence-electron chi connectivity index (χ2n) is 9.88. The number of hydrogen-bond acceptors (Lipinski definition) is 1. The molecule has 31 heavy (non-hydrogen) atoms. The van der Waals surface area contributed by atoms with Gasteiger partial charge in [-0.3, -0.25) is 0 Å². The van der Waals surface area contributed by atoms with Crippen molar-refractivity contribution >= 4 is 11.6 Å². The fourth-order valence-corrected chi connectivity index (χ4v) is 6.17. The van der Waals surface area contributed by atoms with Crippen LogP contribution in [-0.4, -0.2) is 6.61 Å². The van der Waals surface area contributed by atoms with Crippen LogP contribution in [0, 0.1) is 23.6 Å². The monoisotopic (exact) mass is 448 g/mol. The molecule has 2 aliphatic carbocycles. The van der Waals surface area contributed by atoms with Crippen molar-refractivity contribution < 1.29 is 9.13 Å². The minimum atomic E-state index is -0.367. The fourth-order valence-electron chi connectivity index (χ4n) is 5.86. The van der Waals surface area contributed by atoms with E-state index in [9.17, 15) is 4.39 Å². The third kappa shape index (κ3) is 6.98. The maximum absolute atomic E-state index is 14.8. The van der Waals surface area contributed by atoms with E-state index in [1.165, 1.54) is 51.4 Å². The summed E-state index contributed by atoms with van der Waals surface area (Å²) in [5.41, 5.74) is 0.992. The van der Waals surface area contributed by atoms with E-state index in [0.29, 0.717) is 18.3 Å². The number of allylic oxidation sites excluding steroid dienone is 2. The minimum absolute atomic E-state index is 0.290. The van der Waals surface area contributed by atoms with E-state index in [2.05, 4.69) is 26.0 Å². The molecular weight excluding hydrogens is 407 g/mol. The third-order valence-corrected chi connectivity index (χ3v) is 8.21. The van der Waals surface area contributed by atoms with E-state index >= 15 is 0 Å². The third-order valence-electron chi connectivity index (χ3n) is 7.83. The molecule has 0 aliphatic heterocycles. The molecular formula is C28H42ClFO. The van der Waals surface area contributed by atoms with Gasteiger partial charge in [-0.05, 0) is 100 Å². The highest BCUT2D eigenvalue weighted by Gasteiger charge is 2.32. The van der Waals surface area contributed by atoms with Crippen molar-refractivity contribution in [1.29, 1.82) is 0 Å². The van der Waals surface area contributed by atoms with Gasteiger partial charge in [0.15, 0.2) is 11.6 Å². The maximum atomic E-state index is 14.8. The van der Waals surface area contributed by atoms with Crippen molar-refractivity contribution in [2.45, 2.75) is 103 Å². The summed E-state index contributed by atoms with van der Waals surface area (Å²) in [6.07, 6.45) is 20.8. The topological polar surface area (TPSA) is 9.23 Å². The molecule has 0 N–H and O–H groups in total.